The van der Waals surface area contributed by atoms with Gasteiger partial charge in [0.2, 0.25) is 15.9 Å². The molecule has 0 saturated carbocycles. The van der Waals surface area contributed by atoms with Gasteiger partial charge in [-0.3, -0.25) is 4.79 Å². The Hall–Kier alpha value is -2.84. The van der Waals surface area contributed by atoms with Crippen LogP contribution in [0.3, 0.4) is 0 Å². The van der Waals surface area contributed by atoms with Crippen LogP contribution in [0.2, 0.25) is 0 Å². The SMILES string of the molecule is COc1ccc(S(=O)(=O)N[C@H](Cc2ccccc2)C(=O)NCCC2=CCCCC2)cc1OC. The number of ether oxygens (including phenoxy) is 2. The van der Waals surface area contributed by atoms with Crippen LogP contribution < -0.4 is 19.5 Å². The summed E-state index contributed by atoms with van der Waals surface area (Å²) >= 11 is 0. The third-order valence-corrected chi connectivity index (χ3v) is 7.16. The third kappa shape index (κ3) is 7.07. The van der Waals surface area contributed by atoms with Gasteiger partial charge in [0.05, 0.1) is 19.1 Å². The highest BCUT2D eigenvalue weighted by Crippen LogP contribution is 2.29. The zero-order valence-corrected chi connectivity index (χ0v) is 20.0. The fourth-order valence-corrected chi connectivity index (χ4v) is 5.09. The average Bonchev–Trinajstić information content (AvgIpc) is 2.84. The molecule has 0 heterocycles. The molecule has 0 spiro atoms. The third-order valence-electron chi connectivity index (χ3n) is 5.69. The van der Waals surface area contributed by atoms with E-state index in [4.69, 9.17) is 9.47 Å². The number of methoxy groups -OCH3 is 2. The molecule has 1 amide bonds. The lowest BCUT2D eigenvalue weighted by molar-refractivity contribution is -0.122. The maximum atomic E-state index is 13.1. The van der Waals surface area contributed by atoms with E-state index in [0.29, 0.717) is 18.0 Å². The van der Waals surface area contributed by atoms with Crippen molar-refractivity contribution in [3.8, 4) is 11.5 Å². The number of carbonyl (C=O) groups is 1. The number of sulfonamides is 1. The monoisotopic (exact) mass is 472 g/mol. The van der Waals surface area contributed by atoms with Gasteiger partial charge in [-0.1, -0.05) is 42.0 Å². The first kappa shape index (κ1) is 24.8. The van der Waals surface area contributed by atoms with E-state index in [2.05, 4.69) is 16.1 Å². The van der Waals surface area contributed by atoms with Crippen LogP contribution in [0.1, 0.15) is 37.7 Å². The number of hydrogen-bond donors (Lipinski definition) is 2. The minimum atomic E-state index is -3.99. The van der Waals surface area contributed by atoms with Crippen LogP contribution in [0.25, 0.3) is 0 Å². The van der Waals surface area contributed by atoms with Crippen LogP contribution in [-0.4, -0.2) is 41.1 Å². The number of hydrogen-bond acceptors (Lipinski definition) is 5. The summed E-state index contributed by atoms with van der Waals surface area (Å²) in [6, 6.07) is 12.7. The van der Waals surface area contributed by atoms with E-state index in [1.165, 1.54) is 50.8 Å². The number of allylic oxidation sites excluding steroid dienone is 1. The predicted molar refractivity (Wildman–Crippen MR) is 128 cm³/mol. The lowest BCUT2D eigenvalue weighted by Crippen LogP contribution is -2.48. The molecule has 1 aliphatic carbocycles. The average molecular weight is 473 g/mol. The fraction of sp³-hybridized carbons (Fsp3) is 0.400. The van der Waals surface area contributed by atoms with Crippen LogP contribution in [0.15, 0.2) is 65.1 Å². The highest BCUT2D eigenvalue weighted by atomic mass is 32.2. The maximum Gasteiger partial charge on any atom is 0.241 e. The van der Waals surface area contributed by atoms with Gasteiger partial charge in [-0.15, -0.1) is 0 Å². The fourth-order valence-electron chi connectivity index (χ4n) is 3.88. The summed E-state index contributed by atoms with van der Waals surface area (Å²) in [4.78, 5) is 13.0. The van der Waals surface area contributed by atoms with Crippen LogP contribution in [0, 0.1) is 0 Å². The van der Waals surface area contributed by atoms with Gasteiger partial charge < -0.3 is 14.8 Å². The molecule has 3 rings (SSSR count). The van der Waals surface area contributed by atoms with Crippen molar-refractivity contribution in [1.82, 2.24) is 10.0 Å². The van der Waals surface area contributed by atoms with E-state index >= 15 is 0 Å². The second-order valence-electron chi connectivity index (χ2n) is 8.03. The molecule has 2 aromatic carbocycles. The van der Waals surface area contributed by atoms with Gasteiger partial charge in [-0.2, -0.15) is 4.72 Å². The lowest BCUT2D eigenvalue weighted by Gasteiger charge is -2.20. The van der Waals surface area contributed by atoms with E-state index in [1.807, 2.05) is 30.3 Å². The molecule has 0 bridgehead atoms. The summed E-state index contributed by atoms with van der Waals surface area (Å²) < 4.78 is 39.3. The zero-order chi connectivity index (χ0) is 23.7. The number of carbonyl (C=O) groups excluding carboxylic acids is 1. The van der Waals surface area contributed by atoms with Gasteiger partial charge in [-0.25, -0.2) is 8.42 Å². The van der Waals surface area contributed by atoms with E-state index < -0.39 is 16.1 Å². The first-order valence-electron chi connectivity index (χ1n) is 11.2. The summed E-state index contributed by atoms with van der Waals surface area (Å²) in [7, 11) is -1.07. The van der Waals surface area contributed by atoms with Crippen molar-refractivity contribution in [3.63, 3.8) is 0 Å². The van der Waals surface area contributed by atoms with Gasteiger partial charge >= 0.3 is 0 Å². The van der Waals surface area contributed by atoms with Crippen molar-refractivity contribution in [2.45, 2.75) is 49.5 Å². The number of amides is 1. The molecular formula is C25H32N2O5S. The highest BCUT2D eigenvalue weighted by Gasteiger charge is 2.27. The maximum absolute atomic E-state index is 13.1. The molecule has 1 atom stereocenters. The highest BCUT2D eigenvalue weighted by molar-refractivity contribution is 7.89. The summed E-state index contributed by atoms with van der Waals surface area (Å²) in [5.74, 6) is 0.372. The summed E-state index contributed by atoms with van der Waals surface area (Å²) in [6.45, 7) is 0.480. The Morgan fingerprint density at radius 2 is 1.79 bits per heavy atom. The molecule has 33 heavy (non-hydrogen) atoms. The molecule has 0 aliphatic heterocycles. The van der Waals surface area contributed by atoms with Crippen LogP contribution >= 0.6 is 0 Å². The van der Waals surface area contributed by atoms with Crippen LogP contribution in [0.5, 0.6) is 11.5 Å². The molecule has 178 valence electrons. The molecule has 1 aliphatic rings. The quantitative estimate of drug-likeness (QED) is 0.488. The minimum absolute atomic E-state index is 0.00151. The second-order valence-corrected chi connectivity index (χ2v) is 9.74. The smallest absolute Gasteiger partial charge is 0.241 e. The lowest BCUT2D eigenvalue weighted by atomic mass is 9.97. The van der Waals surface area contributed by atoms with Crippen molar-refractivity contribution in [2.75, 3.05) is 20.8 Å². The van der Waals surface area contributed by atoms with E-state index in [1.54, 1.807) is 0 Å². The predicted octanol–water partition coefficient (Wildman–Crippen LogP) is 3.60. The first-order valence-corrected chi connectivity index (χ1v) is 12.6. The summed E-state index contributed by atoms with van der Waals surface area (Å²) in [5.41, 5.74) is 2.22. The molecule has 0 fully saturated rings. The van der Waals surface area contributed by atoms with E-state index in [0.717, 1.165) is 24.8 Å². The molecule has 7 nitrogen and oxygen atoms in total. The normalized spacial score (nSPS) is 14.8. The Morgan fingerprint density at radius 3 is 2.45 bits per heavy atom. The molecule has 0 saturated heterocycles. The molecule has 8 heteroatoms. The van der Waals surface area contributed by atoms with E-state index in [-0.39, 0.29) is 17.2 Å². The van der Waals surface area contributed by atoms with Crippen LogP contribution in [-0.2, 0) is 21.2 Å². The van der Waals surface area contributed by atoms with Crippen molar-refractivity contribution in [1.29, 1.82) is 0 Å². The molecule has 2 N–H and O–H groups in total. The molecule has 0 unspecified atom stereocenters. The minimum Gasteiger partial charge on any atom is -0.493 e. The standard InChI is InChI=1S/C25H32N2O5S/c1-31-23-14-13-21(18-24(23)32-2)33(29,30)27-22(17-20-11-7-4-8-12-20)25(28)26-16-15-19-9-5-3-6-10-19/h4,7-9,11-14,18,22,27H,3,5-6,10,15-17H2,1-2H3,(H,26,28)/t22-/m1/s1. The molecule has 0 radical (unpaired) electrons. The first-order chi connectivity index (χ1) is 15.9. The second kappa shape index (κ2) is 11.9. The number of nitrogens with one attached hydrogen (secondary N) is 2. The Balaban J connectivity index is 1.75. The Morgan fingerprint density at radius 1 is 1.03 bits per heavy atom. The molecular weight excluding hydrogens is 440 g/mol. The van der Waals surface area contributed by atoms with Gasteiger partial charge in [0.1, 0.15) is 6.04 Å². The van der Waals surface area contributed by atoms with Crippen LogP contribution in [0.4, 0.5) is 0 Å². The zero-order valence-electron chi connectivity index (χ0n) is 19.2. The summed E-state index contributed by atoms with van der Waals surface area (Å²) in [6.07, 6.45) is 7.82. The van der Waals surface area contributed by atoms with Crippen molar-refractivity contribution >= 4 is 15.9 Å². The van der Waals surface area contributed by atoms with Gasteiger partial charge in [0.25, 0.3) is 0 Å². The summed E-state index contributed by atoms with van der Waals surface area (Å²) in [5, 5.41) is 2.91. The molecule has 2 aromatic rings. The number of rotatable bonds is 11. The van der Waals surface area contributed by atoms with Gasteiger partial charge in [-0.05, 0) is 56.2 Å². The Bertz CT molecular complexity index is 1070. The topological polar surface area (TPSA) is 93.7 Å². The largest absolute Gasteiger partial charge is 0.493 e. The van der Waals surface area contributed by atoms with E-state index in [9.17, 15) is 13.2 Å². The van der Waals surface area contributed by atoms with Crippen molar-refractivity contribution in [2.24, 2.45) is 0 Å². The van der Waals surface area contributed by atoms with Gasteiger partial charge in [0, 0.05) is 12.6 Å². The van der Waals surface area contributed by atoms with Gasteiger partial charge in [0.15, 0.2) is 11.5 Å². The molecule has 0 aromatic heterocycles. The van der Waals surface area contributed by atoms with Crippen molar-refractivity contribution < 1.29 is 22.7 Å². The Kier molecular flexibility index (Phi) is 8.91. The number of benzene rings is 2. The van der Waals surface area contributed by atoms with Crippen molar-refractivity contribution in [3.05, 3.63) is 65.7 Å². The Labute approximate surface area is 196 Å².